The summed E-state index contributed by atoms with van der Waals surface area (Å²) < 4.78 is 41.7. The Morgan fingerprint density at radius 3 is 2.52 bits per heavy atom. The molecule has 1 N–H and O–H groups in total. The molecule has 0 amide bonds. The third-order valence-corrected chi connectivity index (χ3v) is 3.18. The van der Waals surface area contributed by atoms with Crippen molar-refractivity contribution in [3.63, 3.8) is 0 Å². The molecule has 2 rings (SSSR count). The molecule has 7 heteroatoms. The van der Waals surface area contributed by atoms with Crippen molar-refractivity contribution in [1.29, 1.82) is 0 Å². The van der Waals surface area contributed by atoms with Gasteiger partial charge in [0.25, 0.3) is 0 Å². The zero-order valence-electron chi connectivity index (χ0n) is 11.1. The smallest absolute Gasteiger partial charge is 0.341 e. The molecule has 1 aromatic carbocycles. The summed E-state index contributed by atoms with van der Waals surface area (Å²) in [5, 5.41) is 8.51. The number of rotatable bonds is 4. The van der Waals surface area contributed by atoms with E-state index < -0.39 is 45.3 Å². The van der Waals surface area contributed by atoms with Crippen LogP contribution in [0.15, 0.2) is 17.1 Å². The van der Waals surface area contributed by atoms with Gasteiger partial charge in [0.15, 0.2) is 17.5 Å². The minimum absolute atomic E-state index is 0.190. The first kappa shape index (κ1) is 15.1. The number of aromatic carboxylic acids is 1. The van der Waals surface area contributed by atoms with E-state index in [0.29, 0.717) is 12.5 Å². The Morgan fingerprint density at radius 1 is 1.29 bits per heavy atom. The molecule has 0 unspecified atom stereocenters. The molecule has 0 saturated heterocycles. The van der Waals surface area contributed by atoms with E-state index in [1.165, 1.54) is 0 Å². The van der Waals surface area contributed by atoms with Gasteiger partial charge >= 0.3 is 5.97 Å². The van der Waals surface area contributed by atoms with Crippen LogP contribution < -0.4 is 5.43 Å². The second kappa shape index (κ2) is 5.59. The number of nitrogens with zero attached hydrogens (tertiary/aromatic N) is 1. The monoisotopic (exact) mass is 299 g/mol. The number of hydrogen-bond donors (Lipinski definition) is 1. The summed E-state index contributed by atoms with van der Waals surface area (Å²) in [5.74, 6) is -6.20. The number of carboxylic acids is 1. The zero-order valence-corrected chi connectivity index (χ0v) is 11.1. The number of carbonyl (C=O) groups is 1. The standard InChI is InChI=1S/C14H12F3NO3/c1-2-3-4-18-6-8(14(20)21)13(19)7-5-9(15)10(16)11(17)12(7)18/h5-6H,2-4H2,1H3,(H,20,21). The predicted molar refractivity (Wildman–Crippen MR) is 69.9 cm³/mol. The number of unbranched alkanes of at least 4 members (excludes halogenated alkanes) is 1. The number of benzene rings is 1. The molecule has 112 valence electrons. The lowest BCUT2D eigenvalue weighted by molar-refractivity contribution is 0.0694. The summed E-state index contributed by atoms with van der Waals surface area (Å²) in [6.07, 6.45) is 2.25. The molecule has 0 saturated carbocycles. The second-order valence-electron chi connectivity index (χ2n) is 4.61. The van der Waals surface area contributed by atoms with E-state index in [4.69, 9.17) is 5.11 Å². The minimum Gasteiger partial charge on any atom is -0.477 e. The van der Waals surface area contributed by atoms with Crippen molar-refractivity contribution >= 4 is 16.9 Å². The van der Waals surface area contributed by atoms with Crippen LogP contribution in [0, 0.1) is 17.5 Å². The largest absolute Gasteiger partial charge is 0.477 e. The number of carboxylic acid groups (broad SMARTS) is 1. The highest BCUT2D eigenvalue weighted by molar-refractivity contribution is 5.92. The SMILES string of the molecule is CCCCn1cc(C(=O)O)c(=O)c2cc(F)c(F)c(F)c21. The summed E-state index contributed by atoms with van der Waals surface area (Å²) in [6.45, 7) is 2.05. The molecule has 0 atom stereocenters. The highest BCUT2D eigenvalue weighted by Gasteiger charge is 2.21. The maximum Gasteiger partial charge on any atom is 0.341 e. The molecule has 0 spiro atoms. The number of hydrogen-bond acceptors (Lipinski definition) is 2. The Morgan fingerprint density at radius 2 is 1.95 bits per heavy atom. The molecule has 1 aromatic heterocycles. The van der Waals surface area contributed by atoms with Crippen molar-refractivity contribution in [1.82, 2.24) is 4.57 Å². The van der Waals surface area contributed by atoms with Crippen molar-refractivity contribution in [2.75, 3.05) is 0 Å². The molecule has 2 aromatic rings. The van der Waals surface area contributed by atoms with Gasteiger partial charge in [-0.2, -0.15) is 0 Å². The fourth-order valence-corrected chi connectivity index (χ4v) is 2.12. The second-order valence-corrected chi connectivity index (χ2v) is 4.61. The number of halogens is 3. The molecule has 4 nitrogen and oxygen atoms in total. The Bertz CT molecular complexity index is 783. The van der Waals surface area contributed by atoms with Crippen molar-refractivity contribution in [2.24, 2.45) is 0 Å². The topological polar surface area (TPSA) is 59.3 Å². The highest BCUT2D eigenvalue weighted by atomic mass is 19.2. The van der Waals surface area contributed by atoms with Gasteiger partial charge in [0.1, 0.15) is 5.56 Å². The fourth-order valence-electron chi connectivity index (χ4n) is 2.12. The summed E-state index contributed by atoms with van der Waals surface area (Å²) in [6, 6.07) is 0.533. The van der Waals surface area contributed by atoms with E-state index in [-0.39, 0.29) is 6.54 Å². The molecule has 0 radical (unpaired) electrons. The molecule has 0 fully saturated rings. The molecule has 1 heterocycles. The average Bonchev–Trinajstić information content (AvgIpc) is 2.44. The van der Waals surface area contributed by atoms with Crippen molar-refractivity contribution in [3.05, 3.63) is 45.5 Å². The lowest BCUT2D eigenvalue weighted by atomic mass is 10.1. The zero-order chi connectivity index (χ0) is 15.7. The molecule has 0 aliphatic heterocycles. The van der Waals surface area contributed by atoms with Gasteiger partial charge in [-0.15, -0.1) is 0 Å². The average molecular weight is 299 g/mol. The van der Waals surface area contributed by atoms with E-state index in [9.17, 15) is 22.8 Å². The van der Waals surface area contributed by atoms with Crippen LogP contribution in [0.5, 0.6) is 0 Å². The lowest BCUT2D eigenvalue weighted by Crippen LogP contribution is -2.20. The van der Waals surface area contributed by atoms with E-state index >= 15 is 0 Å². The first-order chi connectivity index (χ1) is 9.88. The van der Waals surface area contributed by atoms with E-state index in [0.717, 1.165) is 17.2 Å². The van der Waals surface area contributed by atoms with Gasteiger partial charge in [-0.25, -0.2) is 18.0 Å². The van der Waals surface area contributed by atoms with Crippen LogP contribution in [0.25, 0.3) is 10.9 Å². The predicted octanol–water partition coefficient (Wildman–Crippen LogP) is 2.92. The van der Waals surface area contributed by atoms with Gasteiger partial charge in [-0.05, 0) is 12.5 Å². The van der Waals surface area contributed by atoms with E-state index in [1.807, 2.05) is 6.92 Å². The summed E-state index contributed by atoms with van der Waals surface area (Å²) >= 11 is 0. The number of fused-ring (bicyclic) bond motifs is 1. The minimum atomic E-state index is -1.68. The molecular formula is C14H12F3NO3. The van der Waals surface area contributed by atoms with Crippen molar-refractivity contribution in [3.8, 4) is 0 Å². The van der Waals surface area contributed by atoms with E-state index in [1.54, 1.807) is 0 Å². The van der Waals surface area contributed by atoms with Crippen molar-refractivity contribution in [2.45, 2.75) is 26.3 Å². The van der Waals surface area contributed by atoms with Gasteiger partial charge in [0.2, 0.25) is 5.43 Å². The number of aryl methyl sites for hydroxylation is 1. The number of aromatic nitrogens is 1. The molecule has 0 bridgehead atoms. The summed E-state index contributed by atoms with van der Waals surface area (Å²) in [7, 11) is 0. The van der Waals surface area contributed by atoms with Gasteiger partial charge in [0.05, 0.1) is 10.9 Å². The highest BCUT2D eigenvalue weighted by Crippen LogP contribution is 2.22. The van der Waals surface area contributed by atoms with Crippen LogP contribution >= 0.6 is 0 Å². The van der Waals surface area contributed by atoms with Gasteiger partial charge < -0.3 is 9.67 Å². The van der Waals surface area contributed by atoms with Gasteiger partial charge in [-0.3, -0.25) is 4.79 Å². The maximum absolute atomic E-state index is 13.9. The van der Waals surface area contributed by atoms with Crippen LogP contribution in [0.1, 0.15) is 30.1 Å². The first-order valence-electron chi connectivity index (χ1n) is 6.32. The van der Waals surface area contributed by atoms with E-state index in [2.05, 4.69) is 0 Å². The Balaban J connectivity index is 2.92. The summed E-state index contributed by atoms with van der Waals surface area (Å²) in [4.78, 5) is 23.0. The van der Waals surface area contributed by atoms with Crippen molar-refractivity contribution < 1.29 is 23.1 Å². The third-order valence-electron chi connectivity index (χ3n) is 3.18. The van der Waals surface area contributed by atoms with Crippen LogP contribution in [0.3, 0.4) is 0 Å². The Labute approximate surface area is 117 Å². The van der Waals surface area contributed by atoms with Crippen LogP contribution in [-0.2, 0) is 6.54 Å². The quantitative estimate of drug-likeness (QED) is 0.883. The molecular weight excluding hydrogens is 287 g/mol. The van der Waals surface area contributed by atoms with Gasteiger partial charge in [0, 0.05) is 12.7 Å². The Hall–Kier alpha value is -2.31. The Kier molecular flexibility index (Phi) is 4.02. The molecule has 21 heavy (non-hydrogen) atoms. The first-order valence-corrected chi connectivity index (χ1v) is 6.32. The summed E-state index contributed by atoms with van der Waals surface area (Å²) in [5.41, 5.74) is -2.07. The molecule has 0 aliphatic carbocycles. The van der Waals surface area contributed by atoms with Crippen LogP contribution in [0.4, 0.5) is 13.2 Å². The van der Waals surface area contributed by atoms with Crippen LogP contribution in [-0.4, -0.2) is 15.6 Å². The normalized spacial score (nSPS) is 11.0. The third kappa shape index (κ3) is 2.51. The maximum atomic E-state index is 13.9. The number of pyridine rings is 1. The fraction of sp³-hybridized carbons (Fsp3) is 0.286. The van der Waals surface area contributed by atoms with Crippen LogP contribution in [0.2, 0.25) is 0 Å². The lowest BCUT2D eigenvalue weighted by Gasteiger charge is -2.13. The molecule has 0 aliphatic rings. The van der Waals surface area contributed by atoms with Gasteiger partial charge in [-0.1, -0.05) is 13.3 Å².